The molecule has 0 fully saturated rings. The molecular weight excluding hydrogens is 252 g/mol. The molecule has 5 nitrogen and oxygen atoms in total. The van der Waals surface area contributed by atoms with E-state index in [0.717, 1.165) is 30.0 Å². The molecule has 0 unspecified atom stereocenters. The van der Waals surface area contributed by atoms with Gasteiger partial charge < -0.3 is 14.6 Å². The average molecular weight is 274 g/mol. The van der Waals surface area contributed by atoms with E-state index >= 15 is 0 Å². The van der Waals surface area contributed by atoms with Crippen molar-refractivity contribution in [1.29, 1.82) is 0 Å². The van der Waals surface area contributed by atoms with Gasteiger partial charge in [-0.1, -0.05) is 12.1 Å². The summed E-state index contributed by atoms with van der Waals surface area (Å²) in [4.78, 5) is 0. The largest absolute Gasteiger partial charge is 0.384 e. The van der Waals surface area contributed by atoms with Crippen LogP contribution in [0.4, 0.5) is 5.69 Å². The Labute approximate surface area is 120 Å². The molecule has 0 spiro atoms. The summed E-state index contributed by atoms with van der Waals surface area (Å²) in [6.45, 7) is 5.02. The van der Waals surface area contributed by atoms with Crippen LogP contribution in [-0.4, -0.2) is 34.0 Å². The van der Waals surface area contributed by atoms with Gasteiger partial charge >= 0.3 is 0 Å². The van der Waals surface area contributed by atoms with Gasteiger partial charge in [0.15, 0.2) is 5.82 Å². The Balaban J connectivity index is 2.12. The first-order chi connectivity index (χ1) is 9.53. The summed E-state index contributed by atoms with van der Waals surface area (Å²) in [6, 6.07) is 8.13. The summed E-state index contributed by atoms with van der Waals surface area (Å²) >= 11 is 0. The van der Waals surface area contributed by atoms with Crippen LogP contribution in [0.15, 0.2) is 30.6 Å². The molecule has 1 N–H and O–H groups in total. The maximum atomic E-state index is 5.43. The van der Waals surface area contributed by atoms with E-state index in [9.17, 15) is 0 Å². The van der Waals surface area contributed by atoms with Crippen LogP contribution in [0.1, 0.15) is 20.3 Å². The lowest BCUT2D eigenvalue weighted by molar-refractivity contribution is 0.0185. The molecule has 1 aromatic carbocycles. The molecule has 0 saturated carbocycles. The van der Waals surface area contributed by atoms with Gasteiger partial charge in [0.05, 0.1) is 5.60 Å². The van der Waals surface area contributed by atoms with Gasteiger partial charge in [-0.3, -0.25) is 0 Å². The summed E-state index contributed by atoms with van der Waals surface area (Å²) in [6.07, 6.45) is 2.64. The second kappa shape index (κ2) is 6.05. The van der Waals surface area contributed by atoms with Crippen molar-refractivity contribution in [3.05, 3.63) is 30.6 Å². The number of anilines is 1. The summed E-state index contributed by atoms with van der Waals surface area (Å²) < 4.78 is 7.35. The van der Waals surface area contributed by atoms with Crippen LogP contribution in [0.2, 0.25) is 0 Å². The lowest BCUT2D eigenvalue weighted by atomic mass is 10.1. The number of nitrogens with zero attached hydrogens (tertiary/aromatic N) is 3. The number of para-hydroxylation sites is 1. The predicted octanol–water partition coefficient (Wildman–Crippen LogP) is 2.71. The molecule has 2 aromatic rings. The third-order valence-corrected chi connectivity index (χ3v) is 3.47. The lowest BCUT2D eigenvalue weighted by Crippen LogP contribution is -2.25. The van der Waals surface area contributed by atoms with Crippen LogP contribution < -0.4 is 5.32 Å². The first-order valence-electron chi connectivity index (χ1n) is 6.76. The standard InChI is InChI=1S/C15H22N4O/c1-15(2,20-4)9-10-16-13-8-6-5-7-12(13)14-18-17-11-19(14)3/h5-8,11,16H,9-10H2,1-4H3. The minimum absolute atomic E-state index is 0.118. The van der Waals surface area contributed by atoms with E-state index in [1.54, 1.807) is 13.4 Å². The molecular formula is C15H22N4O. The number of aromatic nitrogens is 3. The molecule has 0 amide bonds. The third-order valence-electron chi connectivity index (χ3n) is 3.47. The average Bonchev–Trinajstić information content (AvgIpc) is 2.85. The highest BCUT2D eigenvalue weighted by atomic mass is 16.5. The molecule has 0 aliphatic heterocycles. The Hall–Kier alpha value is -1.88. The maximum Gasteiger partial charge on any atom is 0.165 e. The highest BCUT2D eigenvalue weighted by Crippen LogP contribution is 2.26. The van der Waals surface area contributed by atoms with E-state index < -0.39 is 0 Å². The molecule has 108 valence electrons. The van der Waals surface area contributed by atoms with Crippen molar-refractivity contribution in [1.82, 2.24) is 14.8 Å². The molecule has 0 bridgehead atoms. The second-order valence-electron chi connectivity index (χ2n) is 5.45. The lowest BCUT2D eigenvalue weighted by Gasteiger charge is -2.23. The van der Waals surface area contributed by atoms with E-state index in [4.69, 9.17) is 4.74 Å². The van der Waals surface area contributed by atoms with E-state index in [2.05, 4.69) is 35.4 Å². The van der Waals surface area contributed by atoms with E-state index in [0.29, 0.717) is 0 Å². The summed E-state index contributed by atoms with van der Waals surface area (Å²) in [5, 5.41) is 11.6. The third kappa shape index (κ3) is 3.36. The molecule has 5 heteroatoms. The molecule has 1 aromatic heterocycles. The molecule has 0 atom stereocenters. The van der Waals surface area contributed by atoms with Crippen LogP contribution in [0.3, 0.4) is 0 Å². The number of aryl methyl sites for hydroxylation is 1. The maximum absolute atomic E-state index is 5.43. The molecule has 2 rings (SSSR count). The molecule has 0 aliphatic rings. The number of benzene rings is 1. The van der Waals surface area contributed by atoms with Crippen LogP contribution in [0, 0.1) is 0 Å². The summed E-state index contributed by atoms with van der Waals surface area (Å²) in [7, 11) is 3.69. The minimum atomic E-state index is -0.118. The molecule has 0 radical (unpaired) electrons. The van der Waals surface area contributed by atoms with Gasteiger partial charge in [0.25, 0.3) is 0 Å². The fourth-order valence-corrected chi connectivity index (χ4v) is 1.96. The van der Waals surface area contributed by atoms with Gasteiger partial charge in [-0.25, -0.2) is 0 Å². The van der Waals surface area contributed by atoms with Crippen LogP contribution in [-0.2, 0) is 11.8 Å². The number of rotatable bonds is 6. The van der Waals surface area contributed by atoms with Gasteiger partial charge in [-0.15, -0.1) is 10.2 Å². The normalized spacial score (nSPS) is 11.6. The zero-order valence-electron chi connectivity index (χ0n) is 12.6. The number of hydrogen-bond donors (Lipinski definition) is 1. The van der Waals surface area contributed by atoms with Crippen molar-refractivity contribution in [2.45, 2.75) is 25.9 Å². The number of nitrogens with one attached hydrogen (secondary N) is 1. The summed E-state index contributed by atoms with van der Waals surface area (Å²) in [5.74, 6) is 0.860. The van der Waals surface area contributed by atoms with Crippen molar-refractivity contribution >= 4 is 5.69 Å². The second-order valence-corrected chi connectivity index (χ2v) is 5.45. The highest BCUT2D eigenvalue weighted by molar-refractivity contribution is 5.73. The van der Waals surface area contributed by atoms with Crippen molar-refractivity contribution in [3.8, 4) is 11.4 Å². The Morgan fingerprint density at radius 1 is 1.30 bits per heavy atom. The zero-order valence-corrected chi connectivity index (χ0v) is 12.6. The number of methoxy groups -OCH3 is 1. The van der Waals surface area contributed by atoms with Crippen molar-refractivity contribution in [2.24, 2.45) is 7.05 Å². The van der Waals surface area contributed by atoms with E-state index in [-0.39, 0.29) is 5.60 Å². The number of hydrogen-bond acceptors (Lipinski definition) is 4. The van der Waals surface area contributed by atoms with Crippen molar-refractivity contribution in [2.75, 3.05) is 19.0 Å². The topological polar surface area (TPSA) is 52.0 Å². The molecule has 0 aliphatic carbocycles. The van der Waals surface area contributed by atoms with E-state index in [1.165, 1.54) is 0 Å². The SMILES string of the molecule is COC(C)(C)CCNc1ccccc1-c1nncn1C. The van der Waals surface area contributed by atoms with Gasteiger partial charge in [0.2, 0.25) is 0 Å². The molecule has 1 heterocycles. The quantitative estimate of drug-likeness (QED) is 0.880. The van der Waals surface area contributed by atoms with E-state index in [1.807, 2.05) is 29.8 Å². The van der Waals surface area contributed by atoms with Crippen molar-refractivity contribution < 1.29 is 4.74 Å². The smallest absolute Gasteiger partial charge is 0.165 e. The van der Waals surface area contributed by atoms with Gasteiger partial charge in [-0.2, -0.15) is 0 Å². The van der Waals surface area contributed by atoms with Crippen LogP contribution >= 0.6 is 0 Å². The van der Waals surface area contributed by atoms with Crippen LogP contribution in [0.25, 0.3) is 11.4 Å². The molecule has 0 saturated heterocycles. The highest BCUT2D eigenvalue weighted by Gasteiger charge is 2.16. The van der Waals surface area contributed by atoms with Gasteiger partial charge in [-0.05, 0) is 32.4 Å². The fourth-order valence-electron chi connectivity index (χ4n) is 1.96. The Morgan fingerprint density at radius 3 is 2.70 bits per heavy atom. The Bertz CT molecular complexity index is 563. The molecule has 20 heavy (non-hydrogen) atoms. The number of ether oxygens (including phenoxy) is 1. The zero-order chi connectivity index (χ0) is 14.6. The Kier molecular flexibility index (Phi) is 4.39. The van der Waals surface area contributed by atoms with Crippen molar-refractivity contribution in [3.63, 3.8) is 0 Å². The fraction of sp³-hybridized carbons (Fsp3) is 0.467. The Morgan fingerprint density at radius 2 is 2.05 bits per heavy atom. The van der Waals surface area contributed by atoms with Crippen LogP contribution in [0.5, 0.6) is 0 Å². The summed E-state index contributed by atoms with van der Waals surface area (Å²) in [5.41, 5.74) is 2.01. The first-order valence-corrected chi connectivity index (χ1v) is 6.76. The minimum Gasteiger partial charge on any atom is -0.384 e. The van der Waals surface area contributed by atoms with Gasteiger partial charge in [0.1, 0.15) is 6.33 Å². The van der Waals surface area contributed by atoms with Gasteiger partial charge in [0, 0.05) is 32.0 Å². The monoisotopic (exact) mass is 274 g/mol. The predicted molar refractivity (Wildman–Crippen MR) is 80.6 cm³/mol. The first kappa shape index (κ1) is 14.5.